The summed E-state index contributed by atoms with van der Waals surface area (Å²) in [5.74, 6) is 0.457. The van der Waals surface area contributed by atoms with Gasteiger partial charge >= 0.3 is 0 Å². The van der Waals surface area contributed by atoms with Crippen molar-refractivity contribution in [3.05, 3.63) is 34.9 Å². The molecule has 0 N–H and O–H groups in total. The van der Waals surface area contributed by atoms with Gasteiger partial charge in [-0.2, -0.15) is 5.26 Å². The molecule has 0 bridgehead atoms. The average molecular weight is 208 g/mol. The van der Waals surface area contributed by atoms with Crippen LogP contribution in [-0.2, 0) is 0 Å². The third kappa shape index (κ3) is 2.27. The van der Waals surface area contributed by atoms with Gasteiger partial charge in [0.15, 0.2) is 0 Å². The molecular formula is C12H14ClN. The topological polar surface area (TPSA) is 23.8 Å². The number of nitriles is 1. The highest BCUT2D eigenvalue weighted by molar-refractivity contribution is 6.31. The van der Waals surface area contributed by atoms with Gasteiger partial charge in [-0.05, 0) is 18.1 Å². The molecule has 0 aromatic carbocycles. The molecule has 0 aromatic heterocycles. The molecule has 0 aliphatic heterocycles. The highest BCUT2D eigenvalue weighted by Gasteiger charge is 2.24. The average Bonchev–Trinajstić information content (AvgIpc) is 2.25. The van der Waals surface area contributed by atoms with Crippen LogP contribution < -0.4 is 0 Å². The Morgan fingerprint density at radius 1 is 1.50 bits per heavy atom. The molecular weight excluding hydrogens is 194 g/mol. The summed E-state index contributed by atoms with van der Waals surface area (Å²) in [6.45, 7) is 6.40. The minimum atomic E-state index is -0.0633. The summed E-state index contributed by atoms with van der Waals surface area (Å²) in [4.78, 5) is 0. The molecule has 0 aromatic rings. The highest BCUT2D eigenvalue weighted by Crippen LogP contribution is 2.35. The van der Waals surface area contributed by atoms with Crippen molar-refractivity contribution in [2.45, 2.75) is 20.8 Å². The molecule has 0 amide bonds. The van der Waals surface area contributed by atoms with Crippen molar-refractivity contribution in [3.63, 3.8) is 0 Å². The third-order valence-corrected chi connectivity index (χ3v) is 2.96. The van der Waals surface area contributed by atoms with Crippen LogP contribution in [0.1, 0.15) is 20.8 Å². The van der Waals surface area contributed by atoms with Crippen LogP contribution in [-0.4, -0.2) is 0 Å². The van der Waals surface area contributed by atoms with E-state index in [4.69, 9.17) is 16.9 Å². The molecule has 14 heavy (non-hydrogen) atoms. The number of hydrogen-bond donors (Lipinski definition) is 0. The molecule has 2 heteroatoms. The van der Waals surface area contributed by atoms with Gasteiger partial charge in [0.2, 0.25) is 0 Å². The Kier molecular flexibility index (Phi) is 3.18. The van der Waals surface area contributed by atoms with E-state index in [1.165, 1.54) is 0 Å². The van der Waals surface area contributed by atoms with Crippen molar-refractivity contribution in [3.8, 4) is 6.07 Å². The van der Waals surface area contributed by atoms with E-state index in [1.54, 1.807) is 6.08 Å². The normalized spacial score (nSPS) is 26.6. The van der Waals surface area contributed by atoms with E-state index >= 15 is 0 Å². The van der Waals surface area contributed by atoms with E-state index in [0.717, 1.165) is 0 Å². The van der Waals surface area contributed by atoms with Crippen LogP contribution in [0.25, 0.3) is 0 Å². The zero-order valence-corrected chi connectivity index (χ0v) is 9.47. The second-order valence-corrected chi connectivity index (χ2v) is 4.53. The van der Waals surface area contributed by atoms with Gasteiger partial charge in [-0.3, -0.25) is 0 Å². The standard InChI is InChI=1S/C12H14ClN/c1-9(2)12(3)5-4-10(8-14)6-11(13)7-12/h4-7,9H,1-3H3. The van der Waals surface area contributed by atoms with Crippen LogP contribution in [0.5, 0.6) is 0 Å². The molecule has 1 rings (SSSR count). The SMILES string of the molecule is CC(C)C1(C)C=CC(C#N)=CC(Cl)=C1. The van der Waals surface area contributed by atoms with Gasteiger partial charge in [0.1, 0.15) is 0 Å². The molecule has 0 radical (unpaired) electrons. The first-order chi connectivity index (χ1) is 6.48. The van der Waals surface area contributed by atoms with E-state index in [2.05, 4.69) is 26.8 Å². The van der Waals surface area contributed by atoms with E-state index in [0.29, 0.717) is 16.5 Å². The van der Waals surface area contributed by atoms with E-state index in [-0.39, 0.29) is 5.41 Å². The van der Waals surface area contributed by atoms with Crippen molar-refractivity contribution in [1.82, 2.24) is 0 Å². The van der Waals surface area contributed by atoms with Gasteiger partial charge in [0, 0.05) is 10.4 Å². The maximum absolute atomic E-state index is 8.79. The lowest BCUT2D eigenvalue weighted by Crippen LogP contribution is -2.17. The summed E-state index contributed by atoms with van der Waals surface area (Å²) in [6, 6.07) is 2.10. The van der Waals surface area contributed by atoms with E-state index in [1.807, 2.05) is 18.2 Å². The van der Waals surface area contributed by atoms with Gasteiger partial charge in [-0.15, -0.1) is 0 Å². The molecule has 1 atom stereocenters. The largest absolute Gasteiger partial charge is 0.192 e. The highest BCUT2D eigenvalue weighted by atomic mass is 35.5. The van der Waals surface area contributed by atoms with Gasteiger partial charge in [0.05, 0.1) is 11.6 Å². The lowest BCUT2D eigenvalue weighted by atomic mass is 9.79. The molecule has 74 valence electrons. The summed E-state index contributed by atoms with van der Waals surface area (Å²) >= 11 is 6.02. The van der Waals surface area contributed by atoms with Crippen LogP contribution in [0, 0.1) is 22.7 Å². The quantitative estimate of drug-likeness (QED) is 0.642. The number of allylic oxidation sites excluding steroid dienone is 6. The lowest BCUT2D eigenvalue weighted by molar-refractivity contribution is 0.383. The fraction of sp³-hybridized carbons (Fsp3) is 0.417. The Morgan fingerprint density at radius 3 is 2.64 bits per heavy atom. The third-order valence-electron chi connectivity index (χ3n) is 2.74. The Hall–Kier alpha value is -1.000. The predicted molar refractivity (Wildman–Crippen MR) is 59.7 cm³/mol. The summed E-state index contributed by atoms with van der Waals surface area (Å²) in [5, 5.41) is 9.43. The van der Waals surface area contributed by atoms with E-state index < -0.39 is 0 Å². The number of rotatable bonds is 1. The molecule has 0 spiro atoms. The second-order valence-electron chi connectivity index (χ2n) is 4.09. The zero-order valence-electron chi connectivity index (χ0n) is 8.71. The fourth-order valence-electron chi connectivity index (χ4n) is 1.28. The predicted octanol–water partition coefficient (Wildman–Crippen LogP) is 3.79. The summed E-state index contributed by atoms with van der Waals surface area (Å²) in [5.41, 5.74) is 0.544. The van der Waals surface area contributed by atoms with Crippen LogP contribution >= 0.6 is 11.6 Å². The van der Waals surface area contributed by atoms with Crippen LogP contribution in [0.15, 0.2) is 34.9 Å². The summed E-state index contributed by atoms with van der Waals surface area (Å²) in [6.07, 6.45) is 7.58. The van der Waals surface area contributed by atoms with Crippen LogP contribution in [0.4, 0.5) is 0 Å². The molecule has 0 heterocycles. The van der Waals surface area contributed by atoms with Gasteiger partial charge < -0.3 is 0 Å². The zero-order chi connectivity index (χ0) is 10.8. The second kappa shape index (κ2) is 4.02. The number of halogens is 1. The molecule has 0 fully saturated rings. The van der Waals surface area contributed by atoms with E-state index in [9.17, 15) is 0 Å². The molecule has 1 aliphatic rings. The maximum atomic E-state index is 8.79. The van der Waals surface area contributed by atoms with Crippen LogP contribution in [0.3, 0.4) is 0 Å². The maximum Gasteiger partial charge on any atom is 0.0992 e. The van der Waals surface area contributed by atoms with Crippen molar-refractivity contribution in [1.29, 1.82) is 5.26 Å². The first-order valence-electron chi connectivity index (χ1n) is 4.67. The van der Waals surface area contributed by atoms with Crippen molar-refractivity contribution >= 4 is 11.6 Å². The van der Waals surface area contributed by atoms with Crippen molar-refractivity contribution in [2.75, 3.05) is 0 Å². The molecule has 1 aliphatic carbocycles. The van der Waals surface area contributed by atoms with Crippen LogP contribution in [0.2, 0.25) is 0 Å². The number of hydrogen-bond acceptors (Lipinski definition) is 1. The first-order valence-corrected chi connectivity index (χ1v) is 5.05. The lowest BCUT2D eigenvalue weighted by Gasteiger charge is -2.26. The fourth-order valence-corrected chi connectivity index (χ4v) is 1.63. The Bertz CT molecular complexity index is 355. The first kappa shape index (κ1) is 11.1. The Balaban J connectivity index is 3.13. The van der Waals surface area contributed by atoms with Gasteiger partial charge in [-0.25, -0.2) is 0 Å². The van der Waals surface area contributed by atoms with Gasteiger partial charge in [0.25, 0.3) is 0 Å². The Labute approximate surface area is 90.4 Å². The number of nitrogens with zero attached hydrogens (tertiary/aromatic N) is 1. The molecule has 1 unspecified atom stereocenters. The summed E-state index contributed by atoms with van der Waals surface area (Å²) in [7, 11) is 0. The van der Waals surface area contributed by atoms with Gasteiger partial charge in [-0.1, -0.05) is 44.5 Å². The minimum absolute atomic E-state index is 0.0633. The van der Waals surface area contributed by atoms with Crippen molar-refractivity contribution in [2.24, 2.45) is 11.3 Å². The Morgan fingerprint density at radius 2 is 2.14 bits per heavy atom. The molecule has 1 nitrogen and oxygen atoms in total. The monoisotopic (exact) mass is 207 g/mol. The van der Waals surface area contributed by atoms with Crippen molar-refractivity contribution < 1.29 is 0 Å². The smallest absolute Gasteiger partial charge is 0.0992 e. The molecule has 0 saturated heterocycles. The molecule has 0 saturated carbocycles. The minimum Gasteiger partial charge on any atom is -0.192 e. The summed E-state index contributed by atoms with van der Waals surface area (Å²) < 4.78 is 0.